The van der Waals surface area contributed by atoms with Crippen LogP contribution in [0.3, 0.4) is 0 Å². The molecule has 0 spiro atoms. The zero-order valence-electron chi connectivity index (χ0n) is 20.3. The first kappa shape index (κ1) is 25.1. The van der Waals surface area contributed by atoms with E-state index >= 15 is 0 Å². The van der Waals surface area contributed by atoms with Gasteiger partial charge in [0.1, 0.15) is 0 Å². The highest BCUT2D eigenvalue weighted by molar-refractivity contribution is 5.96. The Morgan fingerprint density at radius 3 is 2.32 bits per heavy atom. The second kappa shape index (κ2) is 11.1. The molecule has 0 saturated heterocycles. The van der Waals surface area contributed by atoms with Crippen molar-refractivity contribution < 1.29 is 24.2 Å². The van der Waals surface area contributed by atoms with Gasteiger partial charge in [0.05, 0.1) is 32.8 Å². The molecule has 3 unspecified atom stereocenters. The van der Waals surface area contributed by atoms with Crippen molar-refractivity contribution in [3.05, 3.63) is 59.2 Å². The topological polar surface area (TPSA) is 109 Å². The van der Waals surface area contributed by atoms with Crippen LogP contribution in [0.2, 0.25) is 0 Å². The Morgan fingerprint density at radius 1 is 1.12 bits per heavy atom. The van der Waals surface area contributed by atoms with Gasteiger partial charge in [0.15, 0.2) is 11.5 Å². The van der Waals surface area contributed by atoms with Crippen LogP contribution in [-0.2, 0) is 4.79 Å². The van der Waals surface area contributed by atoms with Crippen molar-refractivity contribution in [3.63, 3.8) is 0 Å². The van der Waals surface area contributed by atoms with Crippen molar-refractivity contribution in [1.82, 2.24) is 10.6 Å². The summed E-state index contributed by atoms with van der Waals surface area (Å²) in [5.41, 5.74) is 3.86. The van der Waals surface area contributed by atoms with E-state index in [9.17, 15) is 14.7 Å². The smallest absolute Gasteiger partial charge is 0.251 e. The molecule has 8 heteroatoms. The number of rotatable bonds is 8. The second-order valence-electron chi connectivity index (χ2n) is 8.24. The highest BCUT2D eigenvalue weighted by Crippen LogP contribution is 2.41. The largest absolute Gasteiger partial charge is 0.493 e. The SMILES string of the molecule is CCC(CO)NC(=O)c1ccc(C2=CC(C(=O)NC)C(C)Nc3cc(OC)c(OC)cc32)cc1. The Balaban J connectivity index is 2.08. The molecule has 0 aliphatic carbocycles. The van der Waals surface area contributed by atoms with Crippen LogP contribution >= 0.6 is 0 Å². The standard InChI is InChI=1S/C26H33N3O5/c1-6-18(14-30)29-25(31)17-9-7-16(8-10-17)20-11-19(26(32)27-3)15(2)28-22-13-24(34-5)23(33-4)12-21(20)22/h7-13,15,18-19,28,30H,6,14H2,1-5H3,(H,27,32)(H,29,31). The number of anilines is 1. The molecule has 1 aliphatic heterocycles. The van der Waals surface area contributed by atoms with Crippen LogP contribution in [0.15, 0.2) is 42.5 Å². The summed E-state index contributed by atoms with van der Waals surface area (Å²) >= 11 is 0. The van der Waals surface area contributed by atoms with E-state index in [0.29, 0.717) is 23.5 Å². The average molecular weight is 468 g/mol. The third kappa shape index (κ3) is 5.17. The molecule has 2 amide bonds. The highest BCUT2D eigenvalue weighted by atomic mass is 16.5. The summed E-state index contributed by atoms with van der Waals surface area (Å²) in [5.74, 6) is 0.385. The molecule has 0 bridgehead atoms. The summed E-state index contributed by atoms with van der Waals surface area (Å²) in [6, 6.07) is 10.5. The molecule has 182 valence electrons. The lowest BCUT2D eigenvalue weighted by Crippen LogP contribution is -2.36. The third-order valence-corrected chi connectivity index (χ3v) is 6.14. The van der Waals surface area contributed by atoms with Gasteiger partial charge in [0, 0.05) is 36.0 Å². The number of benzene rings is 2. The first-order chi connectivity index (χ1) is 16.4. The lowest BCUT2D eigenvalue weighted by Gasteiger charge is -2.21. The zero-order chi connectivity index (χ0) is 24.8. The van der Waals surface area contributed by atoms with Crippen molar-refractivity contribution in [2.75, 3.05) is 33.2 Å². The van der Waals surface area contributed by atoms with E-state index in [4.69, 9.17) is 9.47 Å². The molecule has 2 aromatic carbocycles. The van der Waals surface area contributed by atoms with E-state index in [1.807, 2.05) is 44.2 Å². The molecule has 0 saturated carbocycles. The normalized spacial score (nSPS) is 17.9. The molecule has 2 aromatic rings. The van der Waals surface area contributed by atoms with Gasteiger partial charge in [-0.25, -0.2) is 0 Å². The van der Waals surface area contributed by atoms with Crippen molar-refractivity contribution in [3.8, 4) is 11.5 Å². The van der Waals surface area contributed by atoms with Gasteiger partial charge in [-0.15, -0.1) is 0 Å². The number of nitrogens with one attached hydrogen (secondary N) is 3. The van der Waals surface area contributed by atoms with E-state index in [-0.39, 0.29) is 30.5 Å². The van der Waals surface area contributed by atoms with E-state index < -0.39 is 5.92 Å². The lowest BCUT2D eigenvalue weighted by molar-refractivity contribution is -0.123. The molecule has 1 heterocycles. The van der Waals surface area contributed by atoms with E-state index in [1.54, 1.807) is 33.4 Å². The maximum Gasteiger partial charge on any atom is 0.251 e. The molecular weight excluding hydrogens is 434 g/mol. The molecule has 0 fully saturated rings. The Bertz CT molecular complexity index is 1060. The summed E-state index contributed by atoms with van der Waals surface area (Å²) in [5, 5.41) is 18.4. The zero-order valence-corrected chi connectivity index (χ0v) is 20.3. The van der Waals surface area contributed by atoms with Crippen LogP contribution in [0.5, 0.6) is 11.5 Å². The molecule has 4 N–H and O–H groups in total. The Morgan fingerprint density at radius 2 is 1.76 bits per heavy atom. The van der Waals surface area contributed by atoms with Gasteiger partial charge in [-0.05, 0) is 42.7 Å². The van der Waals surface area contributed by atoms with Crippen molar-refractivity contribution in [1.29, 1.82) is 0 Å². The maximum absolute atomic E-state index is 12.7. The number of hydrogen-bond donors (Lipinski definition) is 4. The number of amides is 2. The Kier molecular flexibility index (Phi) is 8.17. The molecule has 0 aromatic heterocycles. The number of methoxy groups -OCH3 is 2. The second-order valence-corrected chi connectivity index (χ2v) is 8.24. The van der Waals surface area contributed by atoms with Gasteiger partial charge in [-0.1, -0.05) is 25.1 Å². The van der Waals surface area contributed by atoms with Crippen LogP contribution in [-0.4, -0.2) is 56.9 Å². The molecule has 34 heavy (non-hydrogen) atoms. The maximum atomic E-state index is 12.7. The van der Waals surface area contributed by atoms with Crippen molar-refractivity contribution >= 4 is 23.1 Å². The minimum absolute atomic E-state index is 0.102. The Labute approximate surface area is 200 Å². The molecule has 3 rings (SSSR count). The van der Waals surface area contributed by atoms with E-state index in [2.05, 4.69) is 16.0 Å². The van der Waals surface area contributed by atoms with Gasteiger partial charge < -0.3 is 30.5 Å². The van der Waals surface area contributed by atoms with Crippen LogP contribution in [0.1, 0.15) is 41.8 Å². The third-order valence-electron chi connectivity index (χ3n) is 6.14. The molecule has 1 aliphatic rings. The fraction of sp³-hybridized carbons (Fsp3) is 0.385. The number of ether oxygens (including phenoxy) is 2. The van der Waals surface area contributed by atoms with Crippen LogP contribution in [0, 0.1) is 5.92 Å². The first-order valence-corrected chi connectivity index (χ1v) is 11.3. The predicted octanol–water partition coefficient (Wildman–Crippen LogP) is 2.81. The number of fused-ring (bicyclic) bond motifs is 1. The number of aliphatic hydroxyl groups is 1. The van der Waals surface area contributed by atoms with Gasteiger partial charge in [-0.3, -0.25) is 9.59 Å². The molecule has 3 atom stereocenters. The van der Waals surface area contributed by atoms with Crippen LogP contribution < -0.4 is 25.4 Å². The average Bonchev–Trinajstić information content (AvgIpc) is 3.01. The summed E-state index contributed by atoms with van der Waals surface area (Å²) in [6.07, 6.45) is 2.59. The van der Waals surface area contributed by atoms with E-state index in [1.165, 1.54) is 0 Å². The molecular formula is C26H33N3O5. The van der Waals surface area contributed by atoms with E-state index in [0.717, 1.165) is 22.4 Å². The van der Waals surface area contributed by atoms with Gasteiger partial charge in [0.2, 0.25) is 5.91 Å². The van der Waals surface area contributed by atoms with Crippen molar-refractivity contribution in [2.45, 2.75) is 32.4 Å². The molecule has 0 radical (unpaired) electrons. The summed E-state index contributed by atoms with van der Waals surface area (Å²) in [4.78, 5) is 25.2. The van der Waals surface area contributed by atoms with Crippen LogP contribution in [0.4, 0.5) is 5.69 Å². The first-order valence-electron chi connectivity index (χ1n) is 11.3. The number of carbonyl (C=O) groups is 2. The van der Waals surface area contributed by atoms with Gasteiger partial charge in [0.25, 0.3) is 5.91 Å². The number of hydrogen-bond acceptors (Lipinski definition) is 6. The molecule has 8 nitrogen and oxygen atoms in total. The Hall–Kier alpha value is -3.52. The quantitative estimate of drug-likeness (QED) is 0.475. The fourth-order valence-corrected chi connectivity index (χ4v) is 4.04. The number of carbonyl (C=O) groups excluding carboxylic acids is 2. The minimum atomic E-state index is -0.428. The summed E-state index contributed by atoms with van der Waals surface area (Å²) in [6.45, 7) is 3.75. The minimum Gasteiger partial charge on any atom is -0.493 e. The highest BCUT2D eigenvalue weighted by Gasteiger charge is 2.29. The number of aliphatic hydroxyl groups excluding tert-OH is 1. The predicted molar refractivity (Wildman–Crippen MR) is 132 cm³/mol. The summed E-state index contributed by atoms with van der Waals surface area (Å²) in [7, 11) is 4.78. The monoisotopic (exact) mass is 467 g/mol. The van der Waals surface area contributed by atoms with Gasteiger partial charge >= 0.3 is 0 Å². The summed E-state index contributed by atoms with van der Waals surface area (Å²) < 4.78 is 11.0. The van der Waals surface area contributed by atoms with Crippen molar-refractivity contribution in [2.24, 2.45) is 5.92 Å². The van der Waals surface area contributed by atoms with Gasteiger partial charge in [-0.2, -0.15) is 0 Å². The lowest BCUT2D eigenvalue weighted by atomic mass is 9.91. The fourth-order valence-electron chi connectivity index (χ4n) is 4.04. The van der Waals surface area contributed by atoms with Crippen LogP contribution in [0.25, 0.3) is 5.57 Å².